The van der Waals surface area contributed by atoms with Crippen molar-refractivity contribution in [3.63, 3.8) is 0 Å². The van der Waals surface area contributed by atoms with E-state index in [4.69, 9.17) is 31.0 Å². The minimum absolute atomic E-state index is 0.444. The molecule has 2 aliphatic rings. The van der Waals surface area contributed by atoms with E-state index in [1.807, 2.05) is 30.5 Å². The Hall–Kier alpha value is -2.27. The molecule has 0 spiro atoms. The summed E-state index contributed by atoms with van der Waals surface area (Å²) in [5.74, 6) is 2.18. The molecule has 2 saturated carbocycles. The first-order valence-electron chi connectivity index (χ1n) is 9.46. The standard InChI is InChI=1S/C21H22ClN3O2/c1-26-14-7-8-15(17(22)11-14)16-9-10-23-20-18(16)24-21(27-2)25(20)19(12-3-4-12)13-5-6-13/h7-13,19H,3-6H2,1-2H3. The van der Waals surface area contributed by atoms with Crippen molar-refractivity contribution >= 4 is 22.8 Å². The van der Waals surface area contributed by atoms with E-state index in [9.17, 15) is 0 Å². The van der Waals surface area contributed by atoms with Crippen LogP contribution in [0, 0.1) is 11.8 Å². The summed E-state index contributed by atoms with van der Waals surface area (Å²) in [5.41, 5.74) is 3.62. The Morgan fingerprint density at radius 2 is 1.78 bits per heavy atom. The van der Waals surface area contributed by atoms with Gasteiger partial charge in [-0.25, -0.2) is 4.98 Å². The normalized spacial score (nSPS) is 16.9. The van der Waals surface area contributed by atoms with E-state index in [1.54, 1.807) is 14.2 Å². The van der Waals surface area contributed by atoms with Crippen LogP contribution in [0.15, 0.2) is 30.5 Å². The van der Waals surface area contributed by atoms with Gasteiger partial charge < -0.3 is 9.47 Å². The maximum Gasteiger partial charge on any atom is 0.298 e. The summed E-state index contributed by atoms with van der Waals surface area (Å²) in [5, 5.41) is 0.635. The third kappa shape index (κ3) is 2.85. The molecule has 0 radical (unpaired) electrons. The third-order valence-electron chi connectivity index (χ3n) is 5.70. The number of aromatic nitrogens is 3. The van der Waals surface area contributed by atoms with Gasteiger partial charge in [0.05, 0.1) is 19.2 Å². The third-order valence-corrected chi connectivity index (χ3v) is 6.02. The van der Waals surface area contributed by atoms with Crippen molar-refractivity contribution in [3.8, 4) is 22.9 Å². The van der Waals surface area contributed by atoms with Crippen molar-refractivity contribution in [2.45, 2.75) is 31.7 Å². The number of methoxy groups -OCH3 is 2. The number of hydrogen-bond acceptors (Lipinski definition) is 4. The molecule has 140 valence electrons. The first-order chi connectivity index (χ1) is 13.2. The molecule has 2 fully saturated rings. The van der Waals surface area contributed by atoms with E-state index in [2.05, 4.69) is 4.57 Å². The molecule has 3 aromatic rings. The molecular formula is C21H22ClN3O2. The molecule has 0 aliphatic heterocycles. The maximum atomic E-state index is 6.54. The Balaban J connectivity index is 1.70. The van der Waals surface area contributed by atoms with Crippen LogP contribution < -0.4 is 9.47 Å². The minimum Gasteiger partial charge on any atom is -0.497 e. The smallest absolute Gasteiger partial charge is 0.298 e. The zero-order valence-corrected chi connectivity index (χ0v) is 16.2. The van der Waals surface area contributed by atoms with Gasteiger partial charge in [-0.2, -0.15) is 4.98 Å². The molecule has 5 rings (SSSR count). The van der Waals surface area contributed by atoms with E-state index < -0.39 is 0 Å². The summed E-state index contributed by atoms with van der Waals surface area (Å²) >= 11 is 6.54. The topological polar surface area (TPSA) is 49.2 Å². The molecule has 0 N–H and O–H groups in total. The Bertz CT molecular complexity index is 996. The van der Waals surface area contributed by atoms with Gasteiger partial charge in [0.15, 0.2) is 5.65 Å². The lowest BCUT2D eigenvalue weighted by Gasteiger charge is -2.19. The van der Waals surface area contributed by atoms with E-state index in [-0.39, 0.29) is 0 Å². The highest BCUT2D eigenvalue weighted by Gasteiger charge is 2.44. The highest BCUT2D eigenvalue weighted by molar-refractivity contribution is 6.33. The van der Waals surface area contributed by atoms with Crippen LogP contribution in [-0.2, 0) is 0 Å². The molecule has 0 unspecified atom stereocenters. The van der Waals surface area contributed by atoms with Gasteiger partial charge in [0.2, 0.25) is 0 Å². The number of hydrogen-bond donors (Lipinski definition) is 0. The Morgan fingerprint density at radius 1 is 1.04 bits per heavy atom. The fraction of sp³-hybridized carbons (Fsp3) is 0.429. The zero-order chi connectivity index (χ0) is 18.5. The number of fused-ring (bicyclic) bond motifs is 1. The summed E-state index contributed by atoms with van der Waals surface area (Å²) in [6.45, 7) is 0. The van der Waals surface area contributed by atoms with Gasteiger partial charge in [-0.05, 0) is 61.8 Å². The van der Waals surface area contributed by atoms with Gasteiger partial charge in [-0.3, -0.25) is 4.57 Å². The van der Waals surface area contributed by atoms with Crippen molar-refractivity contribution in [1.82, 2.24) is 14.5 Å². The fourth-order valence-electron chi connectivity index (χ4n) is 4.12. The Morgan fingerprint density at radius 3 is 2.37 bits per heavy atom. The molecule has 5 nitrogen and oxygen atoms in total. The molecule has 2 heterocycles. The van der Waals surface area contributed by atoms with Gasteiger partial charge in [0, 0.05) is 23.4 Å². The highest BCUT2D eigenvalue weighted by Crippen LogP contribution is 2.54. The first kappa shape index (κ1) is 16.9. The Kier molecular flexibility index (Phi) is 4.01. The molecular weight excluding hydrogens is 362 g/mol. The molecule has 27 heavy (non-hydrogen) atoms. The molecule has 2 aromatic heterocycles. The fourth-order valence-corrected chi connectivity index (χ4v) is 4.40. The summed E-state index contributed by atoms with van der Waals surface area (Å²) < 4.78 is 13.2. The number of ether oxygens (including phenoxy) is 2. The lowest BCUT2D eigenvalue weighted by Crippen LogP contribution is -2.15. The van der Waals surface area contributed by atoms with Crippen molar-refractivity contribution in [3.05, 3.63) is 35.5 Å². The number of imidazole rings is 1. The minimum atomic E-state index is 0.444. The van der Waals surface area contributed by atoms with Gasteiger partial charge in [-0.1, -0.05) is 11.6 Å². The van der Waals surface area contributed by atoms with Crippen LogP contribution in [0.5, 0.6) is 11.8 Å². The predicted octanol–water partition coefficient (Wildman–Crippen LogP) is 5.13. The van der Waals surface area contributed by atoms with Crippen molar-refractivity contribution in [1.29, 1.82) is 0 Å². The number of nitrogens with zero attached hydrogens (tertiary/aromatic N) is 3. The van der Waals surface area contributed by atoms with Gasteiger partial charge in [-0.15, -0.1) is 0 Å². The van der Waals surface area contributed by atoms with Crippen LogP contribution in [0.1, 0.15) is 31.7 Å². The number of rotatable bonds is 6. The second kappa shape index (κ2) is 6.41. The highest BCUT2D eigenvalue weighted by atomic mass is 35.5. The van der Waals surface area contributed by atoms with Crippen LogP contribution in [0.25, 0.3) is 22.3 Å². The molecule has 0 atom stereocenters. The van der Waals surface area contributed by atoms with Crippen LogP contribution >= 0.6 is 11.6 Å². The van der Waals surface area contributed by atoms with Gasteiger partial charge in [0.1, 0.15) is 11.3 Å². The Labute approximate surface area is 163 Å². The van der Waals surface area contributed by atoms with Crippen molar-refractivity contribution < 1.29 is 9.47 Å². The monoisotopic (exact) mass is 383 g/mol. The van der Waals surface area contributed by atoms with Crippen LogP contribution in [0.2, 0.25) is 5.02 Å². The van der Waals surface area contributed by atoms with Crippen molar-refractivity contribution in [2.24, 2.45) is 11.8 Å². The van der Waals surface area contributed by atoms with Crippen LogP contribution in [-0.4, -0.2) is 28.8 Å². The SMILES string of the molecule is COc1ccc(-c2ccnc3c2nc(OC)n3C(C2CC2)C2CC2)c(Cl)c1. The van der Waals surface area contributed by atoms with E-state index in [1.165, 1.54) is 25.7 Å². The largest absolute Gasteiger partial charge is 0.497 e. The predicted molar refractivity (Wildman–Crippen MR) is 106 cm³/mol. The van der Waals surface area contributed by atoms with E-state index in [0.29, 0.717) is 17.1 Å². The summed E-state index contributed by atoms with van der Waals surface area (Å²) in [4.78, 5) is 9.51. The first-order valence-corrected chi connectivity index (χ1v) is 9.84. The van der Waals surface area contributed by atoms with Gasteiger partial charge >= 0.3 is 0 Å². The molecule has 0 amide bonds. The quantitative estimate of drug-likeness (QED) is 0.592. The molecule has 2 aliphatic carbocycles. The average Bonchev–Trinajstić information content (AvgIpc) is 3.60. The van der Waals surface area contributed by atoms with E-state index >= 15 is 0 Å². The number of halogens is 1. The zero-order valence-electron chi connectivity index (χ0n) is 15.5. The lowest BCUT2D eigenvalue weighted by atomic mass is 10.0. The summed E-state index contributed by atoms with van der Waals surface area (Å²) in [6, 6.07) is 8.78. The molecule has 0 saturated heterocycles. The average molecular weight is 384 g/mol. The molecule has 0 bridgehead atoms. The molecule has 6 heteroatoms. The summed E-state index contributed by atoms with van der Waals surface area (Å²) in [6.07, 6.45) is 6.98. The van der Waals surface area contributed by atoms with Crippen molar-refractivity contribution in [2.75, 3.05) is 14.2 Å². The second-order valence-corrected chi connectivity index (χ2v) is 7.92. The number of benzene rings is 1. The van der Waals surface area contributed by atoms with E-state index in [0.717, 1.165) is 39.9 Å². The lowest BCUT2D eigenvalue weighted by molar-refractivity contribution is 0.310. The van der Waals surface area contributed by atoms with Crippen LogP contribution in [0.4, 0.5) is 0 Å². The van der Waals surface area contributed by atoms with Crippen LogP contribution in [0.3, 0.4) is 0 Å². The second-order valence-electron chi connectivity index (χ2n) is 7.51. The van der Waals surface area contributed by atoms with Gasteiger partial charge in [0.25, 0.3) is 6.01 Å². The number of pyridine rings is 1. The molecule has 1 aromatic carbocycles. The maximum absolute atomic E-state index is 6.54. The summed E-state index contributed by atoms with van der Waals surface area (Å²) in [7, 11) is 3.33.